The van der Waals surface area contributed by atoms with E-state index in [-0.39, 0.29) is 0 Å². The number of hydrazine groups is 1. The monoisotopic (exact) mass is 194 g/mol. The van der Waals surface area contributed by atoms with Gasteiger partial charge in [0, 0.05) is 18.8 Å². The molecule has 1 aliphatic carbocycles. The van der Waals surface area contributed by atoms with Crippen molar-refractivity contribution in [1.29, 1.82) is 0 Å². The first-order valence-corrected chi connectivity index (χ1v) is 6.04. The van der Waals surface area contributed by atoms with Gasteiger partial charge in [-0.2, -0.15) is 0 Å². The summed E-state index contributed by atoms with van der Waals surface area (Å²) < 4.78 is 0. The summed E-state index contributed by atoms with van der Waals surface area (Å²) in [7, 11) is 2.17. The van der Waals surface area contributed by atoms with E-state index >= 15 is 0 Å². The quantitative estimate of drug-likeness (QED) is 0.690. The van der Waals surface area contributed by atoms with Crippen LogP contribution in [0.5, 0.6) is 0 Å². The molecule has 0 amide bonds. The van der Waals surface area contributed by atoms with Crippen LogP contribution >= 0.6 is 0 Å². The summed E-state index contributed by atoms with van der Waals surface area (Å²) in [6.45, 7) is 2.28. The zero-order valence-electron chi connectivity index (χ0n) is 9.47. The average molecular weight is 194 g/mol. The van der Waals surface area contributed by atoms with Crippen molar-refractivity contribution in [3.8, 4) is 0 Å². The molecule has 1 N–H and O–H groups in total. The lowest BCUT2D eigenvalue weighted by atomic mass is 9.93. The van der Waals surface area contributed by atoms with Crippen molar-refractivity contribution in [1.82, 2.24) is 10.4 Å². The molecular weight excluding hydrogens is 172 g/mol. The lowest BCUT2D eigenvalue weighted by Crippen LogP contribution is -2.34. The van der Waals surface area contributed by atoms with Gasteiger partial charge in [-0.05, 0) is 37.7 Å². The number of nitrogens with one attached hydrogen (secondary N) is 1. The summed E-state index contributed by atoms with van der Waals surface area (Å²) in [6, 6.07) is 0.632. The summed E-state index contributed by atoms with van der Waals surface area (Å²) in [4.78, 5) is 0. The third kappa shape index (κ3) is 1.81. The average Bonchev–Trinajstić information content (AvgIpc) is 2.41. The van der Waals surface area contributed by atoms with Crippen LogP contribution in [0.25, 0.3) is 0 Å². The Morgan fingerprint density at radius 2 is 1.93 bits per heavy atom. The van der Waals surface area contributed by atoms with Gasteiger partial charge in [-0.25, -0.2) is 5.43 Å². The molecule has 1 heterocycles. The molecule has 2 rings (SSSR count). The predicted molar refractivity (Wildman–Crippen MR) is 59.7 cm³/mol. The number of hydrogen-bond acceptors (Lipinski definition) is 2. The van der Waals surface area contributed by atoms with E-state index in [0.717, 1.165) is 0 Å². The van der Waals surface area contributed by atoms with Gasteiger partial charge < -0.3 is 5.01 Å². The highest BCUT2D eigenvalue weighted by Gasteiger charge is 2.27. The summed E-state index contributed by atoms with van der Waals surface area (Å²) >= 11 is 0. The number of nitrogens with zero attached hydrogens (tertiary/aromatic N) is 1. The van der Waals surface area contributed by atoms with E-state index in [2.05, 4.69) is 24.4 Å². The van der Waals surface area contributed by atoms with Crippen LogP contribution in [0.2, 0.25) is 0 Å². The molecule has 14 heavy (non-hydrogen) atoms. The highest BCUT2D eigenvalue weighted by atomic mass is 15.5. The summed E-state index contributed by atoms with van der Waals surface area (Å²) in [5.74, 6) is 0. The third-order valence-electron chi connectivity index (χ3n) is 3.56. The number of rotatable bonds is 1. The van der Waals surface area contributed by atoms with Gasteiger partial charge in [0.15, 0.2) is 0 Å². The fourth-order valence-electron chi connectivity index (χ4n) is 2.75. The zero-order valence-corrected chi connectivity index (χ0v) is 9.47. The second-order valence-electron chi connectivity index (χ2n) is 4.54. The number of hydrogen-bond donors (Lipinski definition) is 1. The standard InChI is InChI=1S/C12H22N2/c1-3-11-10-8-6-4-5-7-9-12(10)14(2)13-11/h11,13H,3-9H2,1-2H3/t11-/m0/s1. The molecule has 0 saturated heterocycles. The van der Waals surface area contributed by atoms with Crippen molar-refractivity contribution < 1.29 is 0 Å². The maximum absolute atomic E-state index is 3.56. The molecule has 0 spiro atoms. The van der Waals surface area contributed by atoms with Gasteiger partial charge in [0.25, 0.3) is 0 Å². The van der Waals surface area contributed by atoms with Gasteiger partial charge in [0.1, 0.15) is 0 Å². The van der Waals surface area contributed by atoms with Gasteiger partial charge in [-0.15, -0.1) is 0 Å². The molecule has 0 radical (unpaired) electrons. The normalized spacial score (nSPS) is 28.7. The maximum Gasteiger partial charge on any atom is 0.0489 e. The molecule has 0 saturated carbocycles. The summed E-state index contributed by atoms with van der Waals surface area (Å²) in [5, 5.41) is 2.27. The Morgan fingerprint density at radius 1 is 1.21 bits per heavy atom. The lowest BCUT2D eigenvalue weighted by Gasteiger charge is -2.18. The molecule has 1 atom stereocenters. The van der Waals surface area contributed by atoms with Gasteiger partial charge >= 0.3 is 0 Å². The van der Waals surface area contributed by atoms with Crippen LogP contribution in [-0.2, 0) is 0 Å². The second kappa shape index (κ2) is 4.35. The summed E-state index contributed by atoms with van der Waals surface area (Å²) in [6.07, 6.45) is 9.45. The lowest BCUT2D eigenvalue weighted by molar-refractivity contribution is 0.295. The molecule has 2 aliphatic rings. The Labute approximate surface area is 87.3 Å². The zero-order chi connectivity index (χ0) is 9.97. The largest absolute Gasteiger partial charge is 0.315 e. The molecule has 0 aromatic carbocycles. The molecular formula is C12H22N2. The molecule has 2 nitrogen and oxygen atoms in total. The van der Waals surface area contributed by atoms with Gasteiger partial charge in [-0.1, -0.05) is 19.8 Å². The first-order valence-electron chi connectivity index (χ1n) is 6.04. The Bertz CT molecular complexity index is 232. The van der Waals surface area contributed by atoms with Crippen LogP contribution < -0.4 is 5.43 Å². The Balaban J connectivity index is 2.17. The molecule has 0 unspecified atom stereocenters. The van der Waals surface area contributed by atoms with Crippen LogP contribution in [0.1, 0.15) is 51.9 Å². The topological polar surface area (TPSA) is 15.3 Å². The SMILES string of the molecule is CC[C@@H]1NN(C)C2=C1CCCCCC2. The highest BCUT2D eigenvalue weighted by molar-refractivity contribution is 5.23. The van der Waals surface area contributed by atoms with E-state index < -0.39 is 0 Å². The first kappa shape index (κ1) is 10.0. The Morgan fingerprint density at radius 3 is 2.64 bits per heavy atom. The smallest absolute Gasteiger partial charge is 0.0489 e. The maximum atomic E-state index is 3.56. The van der Waals surface area contributed by atoms with E-state index in [1.165, 1.54) is 44.9 Å². The molecule has 2 heteroatoms. The van der Waals surface area contributed by atoms with Crippen molar-refractivity contribution in [3.63, 3.8) is 0 Å². The molecule has 0 aromatic rings. The molecule has 0 bridgehead atoms. The van der Waals surface area contributed by atoms with Crippen molar-refractivity contribution in [3.05, 3.63) is 11.3 Å². The predicted octanol–water partition coefficient (Wildman–Crippen LogP) is 2.82. The van der Waals surface area contributed by atoms with E-state index in [0.29, 0.717) is 6.04 Å². The van der Waals surface area contributed by atoms with Crippen LogP contribution in [-0.4, -0.2) is 18.1 Å². The number of allylic oxidation sites excluding steroid dienone is 1. The third-order valence-corrected chi connectivity index (χ3v) is 3.56. The minimum Gasteiger partial charge on any atom is -0.315 e. The van der Waals surface area contributed by atoms with Gasteiger partial charge in [0.05, 0.1) is 0 Å². The molecule has 0 fully saturated rings. The van der Waals surface area contributed by atoms with Gasteiger partial charge in [-0.3, -0.25) is 0 Å². The highest BCUT2D eigenvalue weighted by Crippen LogP contribution is 2.31. The second-order valence-corrected chi connectivity index (χ2v) is 4.54. The fraction of sp³-hybridized carbons (Fsp3) is 0.833. The minimum atomic E-state index is 0.632. The van der Waals surface area contributed by atoms with Crippen LogP contribution in [0.15, 0.2) is 11.3 Å². The first-order chi connectivity index (χ1) is 6.83. The van der Waals surface area contributed by atoms with E-state index in [9.17, 15) is 0 Å². The molecule has 80 valence electrons. The molecule has 1 aliphatic heterocycles. The van der Waals surface area contributed by atoms with Crippen molar-refractivity contribution >= 4 is 0 Å². The van der Waals surface area contributed by atoms with E-state index in [1.54, 1.807) is 11.3 Å². The minimum absolute atomic E-state index is 0.632. The fourth-order valence-corrected chi connectivity index (χ4v) is 2.75. The van der Waals surface area contributed by atoms with Crippen molar-refractivity contribution in [2.75, 3.05) is 7.05 Å². The van der Waals surface area contributed by atoms with Crippen LogP contribution in [0.3, 0.4) is 0 Å². The molecule has 0 aromatic heterocycles. The van der Waals surface area contributed by atoms with E-state index in [1.807, 2.05) is 0 Å². The van der Waals surface area contributed by atoms with Crippen molar-refractivity contribution in [2.45, 2.75) is 57.9 Å². The summed E-state index contributed by atoms with van der Waals surface area (Å²) in [5.41, 5.74) is 6.86. The van der Waals surface area contributed by atoms with E-state index in [4.69, 9.17) is 0 Å². The van der Waals surface area contributed by atoms with Gasteiger partial charge in [0.2, 0.25) is 0 Å². The van der Waals surface area contributed by atoms with Crippen LogP contribution in [0.4, 0.5) is 0 Å². The van der Waals surface area contributed by atoms with Crippen molar-refractivity contribution in [2.24, 2.45) is 0 Å². The Hall–Kier alpha value is -0.500. The van der Waals surface area contributed by atoms with Crippen LogP contribution in [0, 0.1) is 0 Å². The Kier molecular flexibility index (Phi) is 3.12.